The molecule has 168 valence electrons. The number of benzene rings is 3. The number of amides is 1. The molecule has 1 fully saturated rings. The van der Waals surface area contributed by atoms with E-state index in [1.54, 1.807) is 30.8 Å². The molecule has 0 atom stereocenters. The summed E-state index contributed by atoms with van der Waals surface area (Å²) in [7, 11) is 3.35. The Bertz CT molecular complexity index is 1210. The van der Waals surface area contributed by atoms with Gasteiger partial charge in [0.25, 0.3) is 5.91 Å². The molecule has 0 unspecified atom stereocenters. The molecule has 3 aromatic carbocycles. The molecule has 7 heteroatoms. The Morgan fingerprint density at radius 1 is 1.03 bits per heavy atom. The number of nitrogens with zero attached hydrogens (tertiary/aromatic N) is 2. The fourth-order valence-corrected chi connectivity index (χ4v) is 4.66. The maximum absolute atomic E-state index is 12.8. The molecular formula is C26H24N2O3S2. The fraction of sp³-hybridized carbons (Fsp3) is 0.154. The number of carbonyl (C=O) groups excluding carboxylic acids is 1. The number of hydrogen-bond acceptors (Lipinski definition) is 6. The highest BCUT2D eigenvalue weighted by Gasteiger charge is 2.30. The molecule has 3 aromatic rings. The second-order valence-corrected chi connectivity index (χ2v) is 9.14. The standard InChI is InChI=1S/C26H24N2O3S2/c1-28-25(29)24(33-26(28)27-20-10-7-11-21(16-20)32-3)15-19-12-13-22(23(14-19)30-2)31-17-18-8-5-4-6-9-18/h4-16H,17H2,1-3H3/b24-15-,27-26?. The van der Waals surface area contributed by atoms with Crippen LogP contribution in [0, 0.1) is 0 Å². The van der Waals surface area contributed by atoms with Crippen molar-refractivity contribution < 1.29 is 14.3 Å². The molecule has 4 rings (SSSR count). The van der Waals surface area contributed by atoms with E-state index < -0.39 is 0 Å². The van der Waals surface area contributed by atoms with Crippen LogP contribution in [0.1, 0.15) is 11.1 Å². The van der Waals surface area contributed by atoms with E-state index in [0.29, 0.717) is 28.2 Å². The van der Waals surface area contributed by atoms with Crippen LogP contribution >= 0.6 is 23.5 Å². The summed E-state index contributed by atoms with van der Waals surface area (Å²) in [6, 6.07) is 23.6. The number of rotatable bonds is 7. The average Bonchev–Trinajstić information content (AvgIpc) is 3.11. The summed E-state index contributed by atoms with van der Waals surface area (Å²) in [5.74, 6) is 1.19. The van der Waals surface area contributed by atoms with E-state index in [4.69, 9.17) is 9.47 Å². The number of thioether (sulfide) groups is 2. The molecule has 0 bridgehead atoms. The smallest absolute Gasteiger partial charge is 0.266 e. The highest BCUT2D eigenvalue weighted by Crippen LogP contribution is 2.35. The van der Waals surface area contributed by atoms with E-state index in [0.717, 1.165) is 21.7 Å². The number of hydrogen-bond donors (Lipinski definition) is 0. The van der Waals surface area contributed by atoms with Gasteiger partial charge in [-0.2, -0.15) is 0 Å². The van der Waals surface area contributed by atoms with Crippen LogP contribution in [0.5, 0.6) is 11.5 Å². The summed E-state index contributed by atoms with van der Waals surface area (Å²) >= 11 is 3.02. The van der Waals surface area contributed by atoms with Crippen LogP contribution in [0.25, 0.3) is 6.08 Å². The van der Waals surface area contributed by atoms with Gasteiger partial charge >= 0.3 is 0 Å². The van der Waals surface area contributed by atoms with Gasteiger partial charge in [-0.1, -0.05) is 42.5 Å². The lowest BCUT2D eigenvalue weighted by Crippen LogP contribution is -2.23. The van der Waals surface area contributed by atoms with E-state index in [1.165, 1.54) is 11.8 Å². The average molecular weight is 477 g/mol. The Labute approximate surface area is 202 Å². The van der Waals surface area contributed by atoms with Gasteiger partial charge in [-0.05, 0) is 65.6 Å². The Kier molecular flexibility index (Phi) is 7.42. The fourth-order valence-electron chi connectivity index (χ4n) is 3.22. The number of likely N-dealkylation sites (N-methyl/N-ethyl adjacent to an activating group) is 1. The van der Waals surface area contributed by atoms with Crippen LogP contribution in [-0.4, -0.2) is 36.4 Å². The van der Waals surface area contributed by atoms with Crippen LogP contribution in [0.4, 0.5) is 5.69 Å². The largest absolute Gasteiger partial charge is 0.493 e. The van der Waals surface area contributed by atoms with Crippen molar-refractivity contribution in [1.29, 1.82) is 0 Å². The molecule has 1 aliphatic heterocycles. The minimum atomic E-state index is -0.0804. The third-order valence-corrected chi connectivity index (χ3v) is 6.79. The van der Waals surface area contributed by atoms with E-state index in [2.05, 4.69) is 4.99 Å². The molecule has 1 heterocycles. The van der Waals surface area contributed by atoms with Gasteiger partial charge < -0.3 is 9.47 Å². The summed E-state index contributed by atoms with van der Waals surface area (Å²) in [6.07, 6.45) is 3.88. The van der Waals surface area contributed by atoms with Crippen LogP contribution < -0.4 is 9.47 Å². The maximum atomic E-state index is 12.8. The first-order valence-electron chi connectivity index (χ1n) is 10.3. The van der Waals surface area contributed by atoms with E-state index in [1.807, 2.05) is 85.1 Å². The summed E-state index contributed by atoms with van der Waals surface area (Å²) in [5.41, 5.74) is 2.76. The lowest BCUT2D eigenvalue weighted by Gasteiger charge is -2.11. The zero-order chi connectivity index (χ0) is 23.2. The summed E-state index contributed by atoms with van der Waals surface area (Å²) in [5, 5.41) is 0.652. The Hall–Kier alpha value is -3.16. The molecule has 5 nitrogen and oxygen atoms in total. The zero-order valence-corrected chi connectivity index (χ0v) is 20.3. The molecule has 0 N–H and O–H groups in total. The van der Waals surface area contributed by atoms with Gasteiger partial charge in [-0.25, -0.2) is 4.99 Å². The SMILES string of the molecule is COc1cc(/C=C2\SC(=Nc3cccc(SC)c3)N(C)C2=O)ccc1OCc1ccccc1. The van der Waals surface area contributed by atoms with Gasteiger partial charge in [0.15, 0.2) is 16.7 Å². The van der Waals surface area contributed by atoms with Crippen LogP contribution in [-0.2, 0) is 11.4 Å². The van der Waals surface area contributed by atoms with E-state index >= 15 is 0 Å². The minimum absolute atomic E-state index is 0.0804. The first kappa shape index (κ1) is 23.0. The number of ether oxygens (including phenoxy) is 2. The van der Waals surface area contributed by atoms with Crippen molar-refractivity contribution in [2.75, 3.05) is 20.4 Å². The molecule has 33 heavy (non-hydrogen) atoms. The normalized spacial score (nSPS) is 16.0. The number of amidine groups is 1. The lowest BCUT2D eigenvalue weighted by atomic mass is 10.2. The predicted octanol–water partition coefficient (Wildman–Crippen LogP) is 6.23. The van der Waals surface area contributed by atoms with Crippen LogP contribution in [0.2, 0.25) is 0 Å². The number of aliphatic imine (C=N–C) groups is 1. The molecule has 1 saturated heterocycles. The van der Waals surface area contributed by atoms with E-state index in [-0.39, 0.29) is 5.91 Å². The van der Waals surface area contributed by atoms with Gasteiger partial charge in [-0.3, -0.25) is 9.69 Å². The van der Waals surface area contributed by atoms with Crippen molar-refractivity contribution in [1.82, 2.24) is 4.90 Å². The lowest BCUT2D eigenvalue weighted by molar-refractivity contribution is -0.121. The van der Waals surface area contributed by atoms with Crippen molar-refractivity contribution in [2.24, 2.45) is 4.99 Å². The highest BCUT2D eigenvalue weighted by molar-refractivity contribution is 8.18. The zero-order valence-electron chi connectivity index (χ0n) is 18.6. The van der Waals surface area contributed by atoms with Gasteiger partial charge in [-0.15, -0.1) is 11.8 Å². The molecule has 1 amide bonds. The van der Waals surface area contributed by atoms with E-state index in [9.17, 15) is 4.79 Å². The highest BCUT2D eigenvalue weighted by atomic mass is 32.2. The molecular weight excluding hydrogens is 452 g/mol. The summed E-state index contributed by atoms with van der Waals surface area (Å²) in [6.45, 7) is 0.453. The van der Waals surface area contributed by atoms with Crippen molar-refractivity contribution in [3.63, 3.8) is 0 Å². The molecule has 0 spiro atoms. The second-order valence-electron chi connectivity index (χ2n) is 7.26. The van der Waals surface area contributed by atoms with Crippen molar-refractivity contribution in [3.05, 3.63) is 88.8 Å². The first-order valence-corrected chi connectivity index (χ1v) is 12.4. The summed E-state index contributed by atoms with van der Waals surface area (Å²) < 4.78 is 11.5. The van der Waals surface area contributed by atoms with Crippen molar-refractivity contribution in [2.45, 2.75) is 11.5 Å². The van der Waals surface area contributed by atoms with Crippen molar-refractivity contribution >= 4 is 46.4 Å². The number of carbonyl (C=O) groups is 1. The molecule has 0 radical (unpaired) electrons. The Balaban J connectivity index is 1.53. The molecule has 0 aromatic heterocycles. The minimum Gasteiger partial charge on any atom is -0.493 e. The van der Waals surface area contributed by atoms with Gasteiger partial charge in [0.2, 0.25) is 0 Å². The third-order valence-electron chi connectivity index (χ3n) is 5.00. The van der Waals surface area contributed by atoms with Crippen molar-refractivity contribution in [3.8, 4) is 11.5 Å². The molecule has 1 aliphatic rings. The third kappa shape index (κ3) is 5.61. The van der Waals surface area contributed by atoms with Gasteiger partial charge in [0.1, 0.15) is 6.61 Å². The Morgan fingerprint density at radius 3 is 2.61 bits per heavy atom. The summed E-state index contributed by atoms with van der Waals surface area (Å²) in [4.78, 5) is 20.8. The monoisotopic (exact) mass is 476 g/mol. The van der Waals surface area contributed by atoms with Gasteiger partial charge in [0.05, 0.1) is 17.7 Å². The predicted molar refractivity (Wildman–Crippen MR) is 137 cm³/mol. The molecule has 0 aliphatic carbocycles. The quantitative estimate of drug-likeness (QED) is 0.299. The van der Waals surface area contributed by atoms with Crippen LogP contribution in [0.15, 0.2) is 87.6 Å². The van der Waals surface area contributed by atoms with Gasteiger partial charge in [0, 0.05) is 11.9 Å². The maximum Gasteiger partial charge on any atom is 0.266 e. The first-order chi connectivity index (χ1) is 16.1. The van der Waals surface area contributed by atoms with Crippen LogP contribution in [0.3, 0.4) is 0 Å². The number of methoxy groups -OCH3 is 1. The Morgan fingerprint density at radius 2 is 1.85 bits per heavy atom. The second kappa shape index (κ2) is 10.6. The topological polar surface area (TPSA) is 51.1 Å². The molecule has 0 saturated carbocycles.